The molecule has 0 amide bonds. The predicted molar refractivity (Wildman–Crippen MR) is 117 cm³/mol. The molecule has 0 saturated carbocycles. The minimum atomic E-state index is -0.438. The van der Waals surface area contributed by atoms with Crippen LogP contribution in [0.4, 0.5) is 11.4 Å². The molecule has 0 aromatic heterocycles. The smallest absolute Gasteiger partial charge is 0.330 e. The summed E-state index contributed by atoms with van der Waals surface area (Å²) in [6.45, 7) is 3.63. The Bertz CT molecular complexity index is 850. The number of esters is 1. The lowest BCUT2D eigenvalue weighted by molar-refractivity contribution is -0.137. The Hall–Kier alpha value is -3.03. The summed E-state index contributed by atoms with van der Waals surface area (Å²) >= 11 is 5.83. The number of hydrogen-bond acceptors (Lipinski definition) is 3. The van der Waals surface area contributed by atoms with Gasteiger partial charge in [-0.05, 0) is 42.0 Å². The molecule has 28 heavy (non-hydrogen) atoms. The summed E-state index contributed by atoms with van der Waals surface area (Å²) in [6, 6.07) is 14.3. The molecule has 0 heterocycles. The van der Waals surface area contributed by atoms with Gasteiger partial charge in [0.25, 0.3) is 0 Å². The largest absolute Gasteiger partial charge is 0.462 e. The first-order valence-corrected chi connectivity index (χ1v) is 8.43. The Morgan fingerprint density at radius 1 is 1.14 bits per heavy atom. The minimum absolute atomic E-state index is 0. The Kier molecular flexibility index (Phi) is 9.56. The van der Waals surface area contributed by atoms with Gasteiger partial charge in [0.2, 0.25) is 11.9 Å². The number of anilines is 1. The van der Waals surface area contributed by atoms with Crippen LogP contribution in [0, 0.1) is 0 Å². The molecule has 7 nitrogen and oxygen atoms in total. The summed E-state index contributed by atoms with van der Waals surface area (Å²) in [5.41, 5.74) is 14.0. The second kappa shape index (κ2) is 11.6. The van der Waals surface area contributed by atoms with Crippen LogP contribution in [-0.2, 0) is 16.0 Å². The zero-order valence-corrected chi connectivity index (χ0v) is 16.5. The highest BCUT2D eigenvalue weighted by Gasteiger charge is 2.00. The van der Waals surface area contributed by atoms with Gasteiger partial charge in [0, 0.05) is 23.2 Å². The number of nitrogens with two attached hydrogens (primary N) is 2. The van der Waals surface area contributed by atoms with E-state index in [0.29, 0.717) is 17.1 Å². The van der Waals surface area contributed by atoms with Crippen molar-refractivity contribution in [3.63, 3.8) is 0 Å². The van der Waals surface area contributed by atoms with Crippen molar-refractivity contribution in [3.05, 3.63) is 71.8 Å². The van der Waals surface area contributed by atoms with E-state index in [1.165, 1.54) is 0 Å². The number of carbonyl (C=O) groups is 1. The van der Waals surface area contributed by atoms with Crippen LogP contribution in [0.2, 0.25) is 5.02 Å². The number of aliphatic imine (C=N–C) groups is 2. The zero-order chi connectivity index (χ0) is 19.6. The molecule has 0 unspecified atom stereocenters. The molecule has 0 spiro atoms. The standard InChI is InChI=1S/C19H20ClN5O2.ClH/c1-2-17(26)27-12-11-13-3-7-15(8-4-13)23-18(21)25-19(22)24-16-9-5-14(20)6-10-16;/h2-10H,1,11-12H2,(H5,21,22,23,24,25);1H. The van der Waals surface area contributed by atoms with Crippen LogP contribution in [0.1, 0.15) is 5.56 Å². The van der Waals surface area contributed by atoms with Crippen molar-refractivity contribution in [1.82, 2.24) is 0 Å². The first-order chi connectivity index (χ1) is 13.0. The van der Waals surface area contributed by atoms with E-state index in [0.717, 1.165) is 17.3 Å². The zero-order valence-electron chi connectivity index (χ0n) is 15.0. The third-order valence-corrected chi connectivity index (χ3v) is 3.59. The van der Waals surface area contributed by atoms with Gasteiger partial charge in [-0.3, -0.25) is 0 Å². The van der Waals surface area contributed by atoms with E-state index in [1.807, 2.05) is 12.1 Å². The van der Waals surface area contributed by atoms with Crippen molar-refractivity contribution < 1.29 is 9.53 Å². The third kappa shape index (κ3) is 8.11. The number of ether oxygens (including phenoxy) is 1. The summed E-state index contributed by atoms with van der Waals surface area (Å²) in [6.07, 6.45) is 1.73. The average molecular weight is 422 g/mol. The summed E-state index contributed by atoms with van der Waals surface area (Å²) in [5, 5.41) is 3.52. The highest BCUT2D eigenvalue weighted by molar-refractivity contribution is 6.30. The number of benzene rings is 2. The van der Waals surface area contributed by atoms with Crippen LogP contribution < -0.4 is 16.8 Å². The SMILES string of the molecule is C=CC(=O)OCCc1ccc(N=C(N)N=C(N)Nc2ccc(Cl)cc2)cc1.Cl. The van der Waals surface area contributed by atoms with Crippen LogP contribution in [0.15, 0.2) is 71.2 Å². The lowest BCUT2D eigenvalue weighted by atomic mass is 10.1. The van der Waals surface area contributed by atoms with E-state index < -0.39 is 5.97 Å². The molecule has 148 valence electrons. The molecular weight excluding hydrogens is 401 g/mol. The molecule has 0 bridgehead atoms. The number of guanidine groups is 2. The summed E-state index contributed by atoms with van der Waals surface area (Å²) in [5.74, 6) is -0.312. The Morgan fingerprint density at radius 2 is 1.79 bits per heavy atom. The fraction of sp³-hybridized carbons (Fsp3) is 0.105. The molecule has 2 rings (SSSR count). The van der Waals surface area contributed by atoms with Gasteiger partial charge >= 0.3 is 5.97 Å². The van der Waals surface area contributed by atoms with Crippen LogP contribution in [0.25, 0.3) is 0 Å². The predicted octanol–water partition coefficient (Wildman–Crippen LogP) is 3.41. The Morgan fingerprint density at radius 3 is 2.39 bits per heavy atom. The van der Waals surface area contributed by atoms with E-state index in [9.17, 15) is 4.79 Å². The third-order valence-electron chi connectivity index (χ3n) is 3.33. The van der Waals surface area contributed by atoms with E-state index >= 15 is 0 Å². The van der Waals surface area contributed by atoms with Crippen LogP contribution in [-0.4, -0.2) is 24.5 Å². The van der Waals surface area contributed by atoms with Crippen LogP contribution in [0.5, 0.6) is 0 Å². The molecule has 0 aliphatic heterocycles. The minimum Gasteiger partial charge on any atom is -0.462 e. The number of nitrogens with zero attached hydrogens (tertiary/aromatic N) is 2. The molecule has 0 atom stereocenters. The number of nitrogens with one attached hydrogen (secondary N) is 1. The molecular formula is C19H21Cl2N5O2. The average Bonchev–Trinajstić information content (AvgIpc) is 2.64. The molecule has 9 heteroatoms. The molecule has 0 aliphatic rings. The first-order valence-electron chi connectivity index (χ1n) is 8.05. The van der Waals surface area contributed by atoms with Gasteiger partial charge in [0.05, 0.1) is 12.3 Å². The molecule has 2 aromatic carbocycles. The summed E-state index contributed by atoms with van der Waals surface area (Å²) in [4.78, 5) is 19.2. The fourth-order valence-corrected chi connectivity index (χ4v) is 2.18. The lowest BCUT2D eigenvalue weighted by Crippen LogP contribution is -2.25. The van der Waals surface area contributed by atoms with Gasteiger partial charge in [-0.25, -0.2) is 9.79 Å². The number of halogens is 2. The van der Waals surface area contributed by atoms with Crippen molar-refractivity contribution >= 4 is 53.3 Å². The van der Waals surface area contributed by atoms with Gasteiger partial charge < -0.3 is 21.5 Å². The van der Waals surface area contributed by atoms with E-state index in [2.05, 4.69) is 21.9 Å². The van der Waals surface area contributed by atoms with E-state index in [4.69, 9.17) is 27.8 Å². The van der Waals surface area contributed by atoms with Gasteiger partial charge in [-0.15, -0.1) is 12.4 Å². The second-order valence-corrected chi connectivity index (χ2v) is 5.82. The maximum atomic E-state index is 11.0. The lowest BCUT2D eigenvalue weighted by Gasteiger charge is -2.05. The van der Waals surface area contributed by atoms with Gasteiger partial charge in [-0.1, -0.05) is 30.3 Å². The fourth-order valence-electron chi connectivity index (χ4n) is 2.06. The normalized spacial score (nSPS) is 11.3. The maximum Gasteiger partial charge on any atom is 0.330 e. The van der Waals surface area contributed by atoms with Gasteiger partial charge in [0.1, 0.15) is 0 Å². The number of hydrogen-bond donors (Lipinski definition) is 3. The van der Waals surface area contributed by atoms with Crippen molar-refractivity contribution in [3.8, 4) is 0 Å². The maximum absolute atomic E-state index is 11.0. The Labute approximate surface area is 174 Å². The Balaban J connectivity index is 0.00000392. The quantitative estimate of drug-likeness (QED) is 0.286. The van der Waals surface area contributed by atoms with Crippen molar-refractivity contribution in [2.75, 3.05) is 11.9 Å². The van der Waals surface area contributed by atoms with Gasteiger partial charge in [-0.2, -0.15) is 4.99 Å². The molecule has 0 saturated heterocycles. The highest BCUT2D eigenvalue weighted by atomic mass is 35.5. The summed E-state index contributed by atoms with van der Waals surface area (Å²) in [7, 11) is 0. The summed E-state index contributed by atoms with van der Waals surface area (Å²) < 4.78 is 4.94. The molecule has 0 radical (unpaired) electrons. The highest BCUT2D eigenvalue weighted by Crippen LogP contribution is 2.14. The van der Waals surface area contributed by atoms with Crippen molar-refractivity contribution in [1.29, 1.82) is 0 Å². The van der Waals surface area contributed by atoms with E-state index in [-0.39, 0.29) is 30.9 Å². The first kappa shape index (κ1) is 23.0. The van der Waals surface area contributed by atoms with Crippen LogP contribution in [0.3, 0.4) is 0 Å². The molecule has 0 fully saturated rings. The second-order valence-electron chi connectivity index (χ2n) is 5.39. The van der Waals surface area contributed by atoms with Crippen molar-refractivity contribution in [2.45, 2.75) is 6.42 Å². The van der Waals surface area contributed by atoms with E-state index in [1.54, 1.807) is 36.4 Å². The molecule has 5 N–H and O–H groups in total. The van der Waals surface area contributed by atoms with Crippen molar-refractivity contribution in [2.24, 2.45) is 21.5 Å². The topological polar surface area (TPSA) is 115 Å². The monoisotopic (exact) mass is 421 g/mol. The van der Waals surface area contributed by atoms with Gasteiger partial charge in [0.15, 0.2) is 0 Å². The molecule has 2 aromatic rings. The molecule has 0 aliphatic carbocycles. The van der Waals surface area contributed by atoms with Crippen LogP contribution >= 0.6 is 24.0 Å². The number of carbonyl (C=O) groups excluding carboxylic acids is 1. The number of rotatable bonds is 6.